The lowest BCUT2D eigenvalue weighted by molar-refractivity contribution is 0.0821. The van der Waals surface area contributed by atoms with Crippen LogP contribution in [0.2, 0.25) is 0 Å². The van der Waals surface area contributed by atoms with Gasteiger partial charge in [-0.1, -0.05) is 28.1 Å². The van der Waals surface area contributed by atoms with E-state index < -0.39 is 5.60 Å². The van der Waals surface area contributed by atoms with Gasteiger partial charge in [0.15, 0.2) is 0 Å². The maximum absolute atomic E-state index is 10.1. The molecule has 17 heavy (non-hydrogen) atoms. The van der Waals surface area contributed by atoms with E-state index in [2.05, 4.69) is 40.3 Å². The van der Waals surface area contributed by atoms with Crippen molar-refractivity contribution in [3.8, 4) is 0 Å². The smallest absolute Gasteiger partial charge is 0.0833 e. The van der Waals surface area contributed by atoms with Gasteiger partial charge < -0.3 is 10.4 Å². The average molecular weight is 318 g/mol. The van der Waals surface area contributed by atoms with Crippen molar-refractivity contribution in [1.29, 1.82) is 0 Å². The molecule has 96 valence electrons. The van der Waals surface area contributed by atoms with Gasteiger partial charge >= 0.3 is 0 Å². The third-order valence-corrected chi connectivity index (χ3v) is 4.00. The number of nitrogens with one attached hydrogen (secondary N) is 1. The minimum absolute atomic E-state index is 0.237. The molecular weight excluding hydrogens is 298 g/mol. The molecule has 0 saturated carbocycles. The Morgan fingerprint density at radius 2 is 2.24 bits per heavy atom. The zero-order valence-electron chi connectivity index (χ0n) is 10.5. The average Bonchev–Trinajstić information content (AvgIpc) is 2.26. The third-order valence-electron chi connectivity index (χ3n) is 2.59. The Kier molecular flexibility index (Phi) is 6.00. The maximum atomic E-state index is 10.1. The number of halogens is 1. The Morgan fingerprint density at radius 3 is 2.82 bits per heavy atom. The third kappa shape index (κ3) is 5.42. The highest BCUT2D eigenvalue weighted by Crippen LogP contribution is 2.18. The van der Waals surface area contributed by atoms with Gasteiger partial charge in [-0.2, -0.15) is 11.8 Å². The molecule has 1 aromatic rings. The molecule has 2 unspecified atom stereocenters. The van der Waals surface area contributed by atoms with Crippen molar-refractivity contribution in [1.82, 2.24) is 5.32 Å². The Hall–Kier alpha value is -0.0300. The van der Waals surface area contributed by atoms with Crippen molar-refractivity contribution in [2.75, 3.05) is 18.6 Å². The van der Waals surface area contributed by atoms with E-state index in [1.54, 1.807) is 11.8 Å². The van der Waals surface area contributed by atoms with E-state index in [9.17, 15) is 5.11 Å². The van der Waals surface area contributed by atoms with Crippen LogP contribution < -0.4 is 5.32 Å². The molecule has 0 bridgehead atoms. The molecule has 2 N–H and O–H groups in total. The second kappa shape index (κ2) is 6.78. The van der Waals surface area contributed by atoms with Crippen LogP contribution in [-0.4, -0.2) is 29.3 Å². The van der Waals surface area contributed by atoms with Gasteiger partial charge in [0.05, 0.1) is 5.60 Å². The van der Waals surface area contributed by atoms with E-state index in [4.69, 9.17) is 0 Å². The molecule has 0 aliphatic rings. The summed E-state index contributed by atoms with van der Waals surface area (Å²) in [7, 11) is 0. The van der Waals surface area contributed by atoms with Gasteiger partial charge in [0.25, 0.3) is 0 Å². The molecule has 0 aliphatic heterocycles. The van der Waals surface area contributed by atoms with Crippen molar-refractivity contribution in [2.45, 2.75) is 25.5 Å². The van der Waals surface area contributed by atoms with Crippen LogP contribution in [0.25, 0.3) is 0 Å². The predicted octanol–water partition coefficient (Wildman–Crippen LogP) is 3.21. The molecule has 0 fully saturated rings. The van der Waals surface area contributed by atoms with Crippen molar-refractivity contribution in [2.24, 2.45) is 0 Å². The van der Waals surface area contributed by atoms with Gasteiger partial charge in [-0.25, -0.2) is 0 Å². The molecule has 2 atom stereocenters. The first kappa shape index (κ1) is 15.0. The summed E-state index contributed by atoms with van der Waals surface area (Å²) in [4.78, 5) is 0. The SMILES string of the molecule is CSCC(C)(O)CNC(C)c1cccc(Br)c1. The summed E-state index contributed by atoms with van der Waals surface area (Å²) in [5.41, 5.74) is 0.569. The Morgan fingerprint density at radius 1 is 1.53 bits per heavy atom. The van der Waals surface area contributed by atoms with Crippen LogP contribution >= 0.6 is 27.7 Å². The predicted molar refractivity (Wildman–Crippen MR) is 79.6 cm³/mol. The summed E-state index contributed by atoms with van der Waals surface area (Å²) in [6.07, 6.45) is 2.01. The molecule has 0 heterocycles. The van der Waals surface area contributed by atoms with E-state index in [0.29, 0.717) is 6.54 Å². The fraction of sp³-hybridized carbons (Fsp3) is 0.538. The maximum Gasteiger partial charge on any atom is 0.0833 e. The summed E-state index contributed by atoms with van der Waals surface area (Å²) >= 11 is 5.13. The fourth-order valence-electron chi connectivity index (χ4n) is 1.63. The number of hydrogen-bond acceptors (Lipinski definition) is 3. The number of benzene rings is 1. The van der Waals surface area contributed by atoms with Gasteiger partial charge in [0, 0.05) is 22.8 Å². The highest BCUT2D eigenvalue weighted by Gasteiger charge is 2.20. The Balaban J connectivity index is 2.52. The molecule has 0 aliphatic carbocycles. The Bertz CT molecular complexity index is 357. The highest BCUT2D eigenvalue weighted by molar-refractivity contribution is 9.10. The normalized spacial score (nSPS) is 16.5. The summed E-state index contributed by atoms with van der Waals surface area (Å²) in [5.74, 6) is 0.741. The monoisotopic (exact) mass is 317 g/mol. The molecule has 0 radical (unpaired) electrons. The topological polar surface area (TPSA) is 32.3 Å². The Labute approximate surface area is 116 Å². The van der Waals surface area contributed by atoms with E-state index in [0.717, 1.165) is 10.2 Å². The van der Waals surface area contributed by atoms with E-state index in [1.165, 1.54) is 5.56 Å². The van der Waals surface area contributed by atoms with Crippen LogP contribution in [0.3, 0.4) is 0 Å². The number of aliphatic hydroxyl groups is 1. The molecule has 1 rings (SSSR count). The first-order valence-electron chi connectivity index (χ1n) is 5.65. The molecule has 0 amide bonds. The highest BCUT2D eigenvalue weighted by atomic mass is 79.9. The minimum atomic E-state index is -0.653. The fourth-order valence-corrected chi connectivity index (χ4v) is 2.77. The standard InChI is InChI=1S/C13H20BrNOS/c1-10(11-5-4-6-12(14)7-11)15-8-13(2,16)9-17-3/h4-7,10,15-16H,8-9H2,1-3H3. The molecule has 1 aromatic carbocycles. The molecule has 2 nitrogen and oxygen atoms in total. The second-order valence-corrected chi connectivity index (χ2v) is 6.37. The van der Waals surface area contributed by atoms with Crippen LogP contribution in [0.4, 0.5) is 0 Å². The zero-order valence-corrected chi connectivity index (χ0v) is 12.9. The van der Waals surface area contributed by atoms with Gasteiger partial charge in [-0.3, -0.25) is 0 Å². The summed E-state index contributed by atoms with van der Waals surface area (Å²) in [6.45, 7) is 4.57. The quantitative estimate of drug-likeness (QED) is 0.845. The van der Waals surface area contributed by atoms with Gasteiger partial charge in [0.2, 0.25) is 0 Å². The summed E-state index contributed by atoms with van der Waals surface area (Å²) in [6, 6.07) is 8.46. The lowest BCUT2D eigenvalue weighted by Crippen LogP contribution is -2.40. The lowest BCUT2D eigenvalue weighted by atomic mass is 10.1. The summed E-state index contributed by atoms with van der Waals surface area (Å²) in [5, 5.41) is 13.4. The van der Waals surface area contributed by atoms with Crippen LogP contribution in [-0.2, 0) is 0 Å². The van der Waals surface area contributed by atoms with Crippen LogP contribution in [0, 0.1) is 0 Å². The van der Waals surface area contributed by atoms with Crippen LogP contribution in [0.1, 0.15) is 25.5 Å². The first-order valence-corrected chi connectivity index (χ1v) is 7.83. The second-order valence-electron chi connectivity index (χ2n) is 4.59. The molecule has 0 spiro atoms. The van der Waals surface area contributed by atoms with Crippen molar-refractivity contribution >= 4 is 27.7 Å². The number of hydrogen-bond donors (Lipinski definition) is 2. The molecular formula is C13H20BrNOS. The van der Waals surface area contributed by atoms with E-state index >= 15 is 0 Å². The summed E-state index contributed by atoms with van der Waals surface area (Å²) < 4.78 is 1.08. The molecule has 0 aromatic heterocycles. The van der Waals surface area contributed by atoms with Gasteiger partial charge in [-0.05, 0) is 37.8 Å². The van der Waals surface area contributed by atoms with Crippen molar-refractivity contribution in [3.63, 3.8) is 0 Å². The zero-order chi connectivity index (χ0) is 12.9. The van der Waals surface area contributed by atoms with Gasteiger partial charge in [0.1, 0.15) is 0 Å². The van der Waals surface area contributed by atoms with Crippen molar-refractivity contribution < 1.29 is 5.11 Å². The van der Waals surface area contributed by atoms with Crippen LogP contribution in [0.5, 0.6) is 0 Å². The number of rotatable bonds is 6. The molecule has 4 heteroatoms. The van der Waals surface area contributed by atoms with E-state index in [1.807, 2.05) is 25.3 Å². The van der Waals surface area contributed by atoms with Crippen molar-refractivity contribution in [3.05, 3.63) is 34.3 Å². The van der Waals surface area contributed by atoms with E-state index in [-0.39, 0.29) is 6.04 Å². The number of thioether (sulfide) groups is 1. The van der Waals surface area contributed by atoms with Gasteiger partial charge in [-0.15, -0.1) is 0 Å². The largest absolute Gasteiger partial charge is 0.388 e. The first-order chi connectivity index (χ1) is 7.94. The van der Waals surface area contributed by atoms with Crippen LogP contribution in [0.15, 0.2) is 28.7 Å². The lowest BCUT2D eigenvalue weighted by Gasteiger charge is -2.25. The minimum Gasteiger partial charge on any atom is -0.388 e. The molecule has 0 saturated heterocycles.